The Labute approximate surface area is 96.4 Å². The normalized spacial score (nSPS) is 12.5. The van der Waals surface area contributed by atoms with Crippen molar-refractivity contribution in [3.8, 4) is 5.75 Å². The first-order chi connectivity index (χ1) is 7.17. The molecule has 0 radical (unpaired) electrons. The Kier molecular flexibility index (Phi) is 4.92. The molecule has 1 unspecified atom stereocenters. The van der Waals surface area contributed by atoms with Gasteiger partial charge in [0.2, 0.25) is 0 Å². The lowest BCUT2D eigenvalue weighted by Gasteiger charge is -2.13. The van der Waals surface area contributed by atoms with Crippen LogP contribution < -0.4 is 10.5 Å². The molecule has 15 heavy (non-hydrogen) atoms. The van der Waals surface area contributed by atoms with Gasteiger partial charge < -0.3 is 10.5 Å². The summed E-state index contributed by atoms with van der Waals surface area (Å²) in [5.41, 5.74) is 7.08. The third-order valence-corrected chi connectivity index (χ3v) is 2.62. The van der Waals surface area contributed by atoms with Crippen LogP contribution in [0, 0.1) is 0 Å². The zero-order chi connectivity index (χ0) is 11.3. The second-order valence-electron chi connectivity index (χ2n) is 3.71. The molecule has 1 aromatic carbocycles. The van der Waals surface area contributed by atoms with Crippen LogP contribution in [0.1, 0.15) is 25.3 Å². The zero-order valence-electron chi connectivity index (χ0n) is 9.29. The smallest absolute Gasteiger partial charge is 0.122 e. The third kappa shape index (κ3) is 3.73. The highest BCUT2D eigenvalue weighted by Gasteiger charge is 2.08. The summed E-state index contributed by atoms with van der Waals surface area (Å²) < 4.78 is 5.27. The molecule has 0 spiro atoms. The molecule has 0 saturated heterocycles. The first-order valence-electron chi connectivity index (χ1n) is 5.25. The Morgan fingerprint density at radius 1 is 1.47 bits per heavy atom. The molecule has 2 N–H and O–H groups in total. The number of hydrogen-bond acceptors (Lipinski definition) is 2. The second kappa shape index (κ2) is 5.99. The molecular formula is C12H18ClNO. The monoisotopic (exact) mass is 227 g/mol. The van der Waals surface area contributed by atoms with Crippen LogP contribution in [0.3, 0.4) is 0 Å². The van der Waals surface area contributed by atoms with Gasteiger partial charge in [-0.15, -0.1) is 0 Å². The van der Waals surface area contributed by atoms with Crippen LogP contribution in [0.15, 0.2) is 18.2 Å². The molecule has 3 heteroatoms. The molecule has 0 fully saturated rings. The highest BCUT2D eigenvalue weighted by molar-refractivity contribution is 6.30. The van der Waals surface area contributed by atoms with Gasteiger partial charge >= 0.3 is 0 Å². The first-order valence-corrected chi connectivity index (χ1v) is 5.63. The molecule has 0 aromatic heterocycles. The number of nitrogens with two attached hydrogens (primary N) is 1. The van der Waals surface area contributed by atoms with Crippen molar-refractivity contribution in [3.63, 3.8) is 0 Å². The summed E-state index contributed by atoms with van der Waals surface area (Å²) in [6.45, 7) is 2.13. The maximum Gasteiger partial charge on any atom is 0.122 e. The largest absolute Gasteiger partial charge is 0.496 e. The van der Waals surface area contributed by atoms with Crippen LogP contribution in [-0.2, 0) is 6.42 Å². The lowest BCUT2D eigenvalue weighted by molar-refractivity contribution is 0.407. The van der Waals surface area contributed by atoms with Gasteiger partial charge in [0.1, 0.15) is 5.75 Å². The Balaban J connectivity index is 2.77. The molecule has 0 aliphatic heterocycles. The van der Waals surface area contributed by atoms with E-state index in [-0.39, 0.29) is 6.04 Å². The van der Waals surface area contributed by atoms with Gasteiger partial charge in [-0.05, 0) is 36.6 Å². The van der Waals surface area contributed by atoms with E-state index in [2.05, 4.69) is 6.92 Å². The van der Waals surface area contributed by atoms with E-state index >= 15 is 0 Å². The van der Waals surface area contributed by atoms with E-state index in [9.17, 15) is 0 Å². The van der Waals surface area contributed by atoms with Crippen molar-refractivity contribution >= 4 is 11.6 Å². The standard InChI is InChI=1S/C12H18ClNO/c1-3-4-11(14)8-9-7-10(13)5-6-12(9)15-2/h5-7,11H,3-4,8,14H2,1-2H3. The maximum absolute atomic E-state index is 5.99. The van der Waals surface area contributed by atoms with Gasteiger partial charge in [-0.3, -0.25) is 0 Å². The number of rotatable bonds is 5. The minimum atomic E-state index is 0.183. The summed E-state index contributed by atoms with van der Waals surface area (Å²) in [6, 6.07) is 5.82. The fraction of sp³-hybridized carbons (Fsp3) is 0.500. The summed E-state index contributed by atoms with van der Waals surface area (Å²) in [4.78, 5) is 0. The van der Waals surface area contributed by atoms with E-state index in [1.54, 1.807) is 7.11 Å². The van der Waals surface area contributed by atoms with Gasteiger partial charge in [-0.1, -0.05) is 24.9 Å². The van der Waals surface area contributed by atoms with Crippen molar-refractivity contribution in [2.75, 3.05) is 7.11 Å². The maximum atomic E-state index is 5.99. The molecule has 2 nitrogen and oxygen atoms in total. The van der Waals surface area contributed by atoms with E-state index in [1.165, 1.54) is 0 Å². The molecule has 0 amide bonds. The van der Waals surface area contributed by atoms with Gasteiger partial charge in [-0.2, -0.15) is 0 Å². The first kappa shape index (κ1) is 12.3. The topological polar surface area (TPSA) is 35.2 Å². The second-order valence-corrected chi connectivity index (χ2v) is 4.15. The predicted octanol–water partition coefficient (Wildman–Crippen LogP) is 3.02. The lowest BCUT2D eigenvalue weighted by atomic mass is 10.0. The van der Waals surface area contributed by atoms with Crippen LogP contribution in [0.4, 0.5) is 0 Å². The summed E-state index contributed by atoms with van der Waals surface area (Å²) in [5.74, 6) is 0.867. The fourth-order valence-corrected chi connectivity index (χ4v) is 1.86. The van der Waals surface area contributed by atoms with Crippen LogP contribution in [0.2, 0.25) is 5.02 Å². The van der Waals surface area contributed by atoms with Gasteiger partial charge in [0.15, 0.2) is 0 Å². The molecule has 1 atom stereocenters. The van der Waals surface area contributed by atoms with Crippen LogP contribution in [0.25, 0.3) is 0 Å². The van der Waals surface area contributed by atoms with Gasteiger partial charge in [0.05, 0.1) is 7.11 Å². The van der Waals surface area contributed by atoms with Crippen LogP contribution in [0.5, 0.6) is 5.75 Å². The summed E-state index contributed by atoms with van der Waals surface area (Å²) in [5, 5.41) is 0.731. The number of methoxy groups -OCH3 is 1. The van der Waals surface area contributed by atoms with E-state index in [0.717, 1.165) is 35.6 Å². The number of benzene rings is 1. The molecule has 84 valence electrons. The molecule has 0 aliphatic carbocycles. The average molecular weight is 228 g/mol. The number of ether oxygens (including phenoxy) is 1. The fourth-order valence-electron chi connectivity index (χ4n) is 1.66. The van der Waals surface area contributed by atoms with Crippen molar-refractivity contribution in [2.45, 2.75) is 32.2 Å². The Morgan fingerprint density at radius 3 is 2.80 bits per heavy atom. The summed E-state index contributed by atoms with van der Waals surface area (Å²) in [7, 11) is 1.66. The molecule has 1 aromatic rings. The molecule has 0 aliphatic rings. The van der Waals surface area contributed by atoms with Crippen LogP contribution in [-0.4, -0.2) is 13.2 Å². The number of halogens is 1. The third-order valence-electron chi connectivity index (χ3n) is 2.38. The van der Waals surface area contributed by atoms with Gasteiger partial charge in [-0.25, -0.2) is 0 Å². The molecular weight excluding hydrogens is 210 g/mol. The van der Waals surface area contributed by atoms with E-state index in [0.29, 0.717) is 0 Å². The van der Waals surface area contributed by atoms with Crippen molar-refractivity contribution in [3.05, 3.63) is 28.8 Å². The average Bonchev–Trinajstić information content (AvgIpc) is 2.18. The van der Waals surface area contributed by atoms with E-state index < -0.39 is 0 Å². The van der Waals surface area contributed by atoms with Gasteiger partial charge in [0.25, 0.3) is 0 Å². The van der Waals surface area contributed by atoms with E-state index in [4.69, 9.17) is 22.1 Å². The Hall–Kier alpha value is -0.730. The van der Waals surface area contributed by atoms with Crippen molar-refractivity contribution in [1.29, 1.82) is 0 Å². The zero-order valence-corrected chi connectivity index (χ0v) is 10.1. The minimum absolute atomic E-state index is 0.183. The lowest BCUT2D eigenvalue weighted by Crippen LogP contribution is -2.22. The van der Waals surface area contributed by atoms with Crippen LogP contribution >= 0.6 is 11.6 Å². The number of hydrogen-bond donors (Lipinski definition) is 1. The van der Waals surface area contributed by atoms with Crippen molar-refractivity contribution < 1.29 is 4.74 Å². The summed E-state index contributed by atoms with van der Waals surface area (Å²) in [6.07, 6.45) is 2.94. The molecule has 1 rings (SSSR count). The predicted molar refractivity (Wildman–Crippen MR) is 64.6 cm³/mol. The highest BCUT2D eigenvalue weighted by atomic mass is 35.5. The minimum Gasteiger partial charge on any atom is -0.496 e. The molecule has 0 saturated carbocycles. The quantitative estimate of drug-likeness (QED) is 0.839. The van der Waals surface area contributed by atoms with Gasteiger partial charge in [0, 0.05) is 11.1 Å². The van der Waals surface area contributed by atoms with Crippen molar-refractivity contribution in [1.82, 2.24) is 0 Å². The molecule has 0 heterocycles. The Bertz CT molecular complexity index is 314. The molecule has 0 bridgehead atoms. The SMILES string of the molecule is CCCC(N)Cc1cc(Cl)ccc1OC. The Morgan fingerprint density at radius 2 is 2.20 bits per heavy atom. The highest BCUT2D eigenvalue weighted by Crippen LogP contribution is 2.24. The van der Waals surface area contributed by atoms with Crippen molar-refractivity contribution in [2.24, 2.45) is 5.73 Å². The van der Waals surface area contributed by atoms with E-state index in [1.807, 2.05) is 18.2 Å². The summed E-state index contributed by atoms with van der Waals surface area (Å²) >= 11 is 5.94.